The molecule has 0 aliphatic heterocycles. The molecular formula is C27H21Cl2F2N3O4. The summed E-state index contributed by atoms with van der Waals surface area (Å²) in [5.41, 5.74) is 0.244. The second-order valence-electron chi connectivity index (χ2n) is 8.03. The number of nitrogens with zero attached hydrogens (tertiary/aromatic N) is 2. The van der Waals surface area contributed by atoms with E-state index in [1.165, 1.54) is 43.2 Å². The van der Waals surface area contributed by atoms with E-state index in [4.69, 9.17) is 32.7 Å². The summed E-state index contributed by atoms with van der Waals surface area (Å²) in [4.78, 5) is 29.6. The molecule has 0 atom stereocenters. The Kier molecular flexibility index (Phi) is 7.71. The van der Waals surface area contributed by atoms with Crippen LogP contribution in [-0.4, -0.2) is 29.7 Å². The van der Waals surface area contributed by atoms with E-state index in [9.17, 15) is 18.4 Å². The van der Waals surface area contributed by atoms with Crippen LogP contribution in [0.3, 0.4) is 0 Å². The highest BCUT2D eigenvalue weighted by Gasteiger charge is 2.23. The van der Waals surface area contributed by atoms with Gasteiger partial charge in [-0.15, -0.1) is 0 Å². The Hall–Kier alpha value is -3.95. The van der Waals surface area contributed by atoms with Crippen molar-refractivity contribution in [1.82, 2.24) is 9.55 Å². The third-order valence-corrected chi connectivity index (χ3v) is 6.64. The number of amides is 1. The Labute approximate surface area is 226 Å². The molecule has 196 valence electrons. The van der Waals surface area contributed by atoms with Gasteiger partial charge in [0.2, 0.25) is 5.91 Å². The maximum Gasteiger partial charge on any atom is 0.259 e. The van der Waals surface area contributed by atoms with Crippen LogP contribution >= 0.6 is 23.2 Å². The van der Waals surface area contributed by atoms with Gasteiger partial charge in [-0.25, -0.2) is 8.78 Å². The molecular weight excluding hydrogens is 539 g/mol. The van der Waals surface area contributed by atoms with Crippen LogP contribution in [0.1, 0.15) is 6.92 Å². The summed E-state index contributed by atoms with van der Waals surface area (Å²) < 4.78 is 41.2. The van der Waals surface area contributed by atoms with Crippen molar-refractivity contribution in [3.05, 3.63) is 81.2 Å². The van der Waals surface area contributed by atoms with Gasteiger partial charge in [0.15, 0.2) is 11.6 Å². The molecule has 0 aliphatic rings. The Morgan fingerprint density at radius 1 is 1.08 bits per heavy atom. The lowest BCUT2D eigenvalue weighted by atomic mass is 10.0. The third-order valence-electron chi connectivity index (χ3n) is 5.89. The number of nitrogens with one attached hydrogen (secondary N) is 1. The molecule has 38 heavy (non-hydrogen) atoms. The van der Waals surface area contributed by atoms with Gasteiger partial charge in [-0.05, 0) is 31.2 Å². The summed E-state index contributed by atoms with van der Waals surface area (Å²) in [6.07, 6.45) is 2.43. The first-order chi connectivity index (χ1) is 18.1. The molecule has 0 bridgehead atoms. The van der Waals surface area contributed by atoms with Crippen molar-refractivity contribution in [2.24, 2.45) is 0 Å². The quantitative estimate of drug-likeness (QED) is 0.262. The van der Waals surface area contributed by atoms with Crippen LogP contribution in [0, 0.1) is 11.6 Å². The molecule has 1 N–H and O–H groups in total. The fourth-order valence-electron chi connectivity index (χ4n) is 4.08. The molecule has 2 heterocycles. The zero-order valence-electron chi connectivity index (χ0n) is 20.5. The zero-order chi connectivity index (χ0) is 27.7. The lowest BCUT2D eigenvalue weighted by Crippen LogP contribution is -2.22. The number of hydrogen-bond donors (Lipinski definition) is 1. The third kappa shape index (κ3) is 4.70. The number of halogens is 4. The number of carbonyl (C=O) groups is 1. The number of aromatic nitrogens is 2. The number of ether oxygens (including phenoxy) is 2. The van der Waals surface area contributed by atoms with Crippen molar-refractivity contribution < 1.29 is 23.0 Å². The normalized spacial score (nSPS) is 10.9. The van der Waals surface area contributed by atoms with E-state index >= 15 is 0 Å². The number of fused-ring (bicyclic) bond motifs is 1. The Morgan fingerprint density at radius 3 is 2.32 bits per heavy atom. The number of rotatable bonds is 7. The average Bonchev–Trinajstić information content (AvgIpc) is 2.90. The Morgan fingerprint density at radius 2 is 1.74 bits per heavy atom. The molecule has 2 aromatic heterocycles. The lowest BCUT2D eigenvalue weighted by molar-refractivity contribution is -0.111. The van der Waals surface area contributed by atoms with E-state index in [0.717, 1.165) is 12.1 Å². The highest BCUT2D eigenvalue weighted by atomic mass is 35.5. The topological polar surface area (TPSA) is 82.5 Å². The van der Waals surface area contributed by atoms with E-state index in [1.807, 2.05) is 0 Å². The molecule has 0 unspecified atom stereocenters. The first-order valence-corrected chi connectivity index (χ1v) is 12.0. The molecule has 0 radical (unpaired) electrons. The van der Waals surface area contributed by atoms with Gasteiger partial charge < -0.3 is 19.4 Å². The SMILES string of the molecule is C=CC(=O)Nc1cc(F)c(F)c(-c2cc3c(cn2)cc(-c2c(Cl)c(OC)cc(OC)c2Cl)c(=O)n3CC)c1. The zero-order valence-corrected chi connectivity index (χ0v) is 22.0. The van der Waals surface area contributed by atoms with Crippen LogP contribution in [0.5, 0.6) is 11.5 Å². The van der Waals surface area contributed by atoms with E-state index in [1.54, 1.807) is 13.0 Å². The van der Waals surface area contributed by atoms with Gasteiger partial charge >= 0.3 is 0 Å². The van der Waals surface area contributed by atoms with E-state index < -0.39 is 23.1 Å². The summed E-state index contributed by atoms with van der Waals surface area (Å²) in [5.74, 6) is -2.40. The van der Waals surface area contributed by atoms with Crippen LogP contribution in [0.25, 0.3) is 33.3 Å². The van der Waals surface area contributed by atoms with Crippen LogP contribution in [0.15, 0.2) is 54.0 Å². The van der Waals surface area contributed by atoms with Gasteiger partial charge in [0.1, 0.15) is 11.5 Å². The van der Waals surface area contributed by atoms with Crippen molar-refractivity contribution in [2.45, 2.75) is 13.5 Å². The minimum atomic E-state index is -1.18. The molecule has 0 saturated heterocycles. The largest absolute Gasteiger partial charge is 0.495 e. The summed E-state index contributed by atoms with van der Waals surface area (Å²) in [6, 6.07) is 6.64. The molecule has 7 nitrogen and oxygen atoms in total. The van der Waals surface area contributed by atoms with Gasteiger partial charge in [-0.1, -0.05) is 29.8 Å². The van der Waals surface area contributed by atoms with Gasteiger partial charge in [0.25, 0.3) is 5.56 Å². The molecule has 0 fully saturated rings. The van der Waals surface area contributed by atoms with E-state index in [2.05, 4.69) is 16.9 Å². The Bertz CT molecular complexity index is 1640. The van der Waals surface area contributed by atoms with Gasteiger partial charge in [-0.3, -0.25) is 14.6 Å². The number of hydrogen-bond acceptors (Lipinski definition) is 5. The van der Waals surface area contributed by atoms with Crippen molar-refractivity contribution in [3.8, 4) is 33.9 Å². The lowest BCUT2D eigenvalue weighted by Gasteiger charge is -2.17. The fourth-order valence-corrected chi connectivity index (χ4v) is 4.78. The Balaban J connectivity index is 1.97. The summed E-state index contributed by atoms with van der Waals surface area (Å²) >= 11 is 13.1. The molecule has 0 saturated carbocycles. The number of carbonyl (C=O) groups excluding carboxylic acids is 1. The highest BCUT2D eigenvalue weighted by molar-refractivity contribution is 6.41. The number of methoxy groups -OCH3 is 2. The predicted octanol–water partition coefficient (Wildman–Crippen LogP) is 6.48. The first kappa shape index (κ1) is 27.1. The molecule has 0 aliphatic carbocycles. The second-order valence-corrected chi connectivity index (χ2v) is 8.79. The van der Waals surface area contributed by atoms with Crippen molar-refractivity contribution in [1.29, 1.82) is 0 Å². The minimum absolute atomic E-state index is 0.0187. The van der Waals surface area contributed by atoms with Crippen LogP contribution < -0.4 is 20.3 Å². The number of benzene rings is 2. The van der Waals surface area contributed by atoms with E-state index in [0.29, 0.717) is 10.9 Å². The summed E-state index contributed by atoms with van der Waals surface area (Å²) in [5, 5.41) is 3.16. The van der Waals surface area contributed by atoms with Crippen LogP contribution in [0.2, 0.25) is 10.0 Å². The van der Waals surface area contributed by atoms with Gasteiger partial charge in [-0.2, -0.15) is 0 Å². The molecule has 1 amide bonds. The standard InChI is InChI=1S/C27H21Cl2F2N3O4/c1-5-22(35)33-14-8-15(26(31)17(30)9-14)18-10-19-13(12-32-18)7-16(27(36)34(19)6-2)23-24(28)20(37-3)11-21(38-4)25(23)29/h5,7-12H,1,6H2,2-4H3,(H,33,35). The number of pyridine rings is 2. The van der Waals surface area contributed by atoms with E-state index in [-0.39, 0.29) is 56.2 Å². The smallest absolute Gasteiger partial charge is 0.259 e. The van der Waals surface area contributed by atoms with Gasteiger partial charge in [0.05, 0.1) is 41.0 Å². The monoisotopic (exact) mass is 559 g/mol. The maximum absolute atomic E-state index is 14.8. The minimum Gasteiger partial charge on any atom is -0.495 e. The first-order valence-electron chi connectivity index (χ1n) is 11.2. The summed E-state index contributed by atoms with van der Waals surface area (Å²) in [7, 11) is 2.85. The van der Waals surface area contributed by atoms with Crippen LogP contribution in [-0.2, 0) is 11.3 Å². The second kappa shape index (κ2) is 10.8. The number of aryl methyl sites for hydroxylation is 1. The van der Waals surface area contributed by atoms with Gasteiger partial charge in [0, 0.05) is 47.1 Å². The van der Waals surface area contributed by atoms with Crippen molar-refractivity contribution in [2.75, 3.05) is 19.5 Å². The maximum atomic E-state index is 14.8. The van der Waals surface area contributed by atoms with Crippen molar-refractivity contribution >= 4 is 45.7 Å². The fraction of sp³-hybridized carbons (Fsp3) is 0.148. The molecule has 4 aromatic rings. The predicted molar refractivity (Wildman–Crippen MR) is 144 cm³/mol. The molecule has 2 aromatic carbocycles. The highest BCUT2D eigenvalue weighted by Crippen LogP contribution is 2.45. The average molecular weight is 560 g/mol. The number of anilines is 1. The molecule has 0 spiro atoms. The van der Waals surface area contributed by atoms with Crippen LogP contribution in [0.4, 0.5) is 14.5 Å². The molecule has 4 rings (SSSR count). The van der Waals surface area contributed by atoms with Crippen molar-refractivity contribution in [3.63, 3.8) is 0 Å². The molecule has 11 heteroatoms. The summed E-state index contributed by atoms with van der Waals surface area (Å²) in [6.45, 7) is 5.33.